The molecule has 1 N–H and O–H groups in total. The summed E-state index contributed by atoms with van der Waals surface area (Å²) in [5.74, 6) is 1.65. The summed E-state index contributed by atoms with van der Waals surface area (Å²) in [7, 11) is 5.05. The second-order valence-electron chi connectivity index (χ2n) is 8.48. The van der Waals surface area contributed by atoms with Gasteiger partial charge in [-0.05, 0) is 59.3 Å². The fraction of sp³-hybridized carbons (Fsp3) is 0.385. The molecule has 1 amide bonds. The van der Waals surface area contributed by atoms with E-state index in [0.717, 1.165) is 15.7 Å². The number of amides is 1. The lowest BCUT2D eigenvalue weighted by atomic mass is 10.0. The number of methoxy groups -OCH3 is 2. The Morgan fingerprint density at radius 3 is 2.36 bits per heavy atom. The molecule has 192 valence electrons. The first-order valence-electron chi connectivity index (χ1n) is 11.7. The number of piperazine rings is 1. The van der Waals surface area contributed by atoms with Gasteiger partial charge in [-0.3, -0.25) is 4.79 Å². The highest BCUT2D eigenvalue weighted by molar-refractivity contribution is 9.10. The third-order valence-corrected chi connectivity index (χ3v) is 6.92. The first-order chi connectivity index (χ1) is 17.3. The summed E-state index contributed by atoms with van der Waals surface area (Å²) in [6.45, 7) is 4.22. The summed E-state index contributed by atoms with van der Waals surface area (Å²) in [5, 5.41) is 3.89. The number of hydrogen-bond donors (Lipinski definition) is 1. The molecule has 0 saturated carbocycles. The van der Waals surface area contributed by atoms with Gasteiger partial charge in [-0.25, -0.2) is 4.79 Å². The Hall–Kier alpha value is -3.24. The van der Waals surface area contributed by atoms with Gasteiger partial charge < -0.3 is 33.7 Å². The largest absolute Gasteiger partial charge is 0.497 e. The molecular weight excluding hydrogens is 530 g/mol. The number of benzene rings is 2. The highest BCUT2D eigenvalue weighted by Gasteiger charge is 2.30. The van der Waals surface area contributed by atoms with Crippen LogP contribution < -0.4 is 19.5 Å². The lowest BCUT2D eigenvalue weighted by Gasteiger charge is -2.27. The maximum atomic E-state index is 13.7. The van der Waals surface area contributed by atoms with E-state index in [-0.39, 0.29) is 12.4 Å². The van der Waals surface area contributed by atoms with Gasteiger partial charge in [-0.15, -0.1) is 0 Å². The Bertz CT molecular complexity index is 1250. The number of ether oxygens (including phenoxy) is 4. The van der Waals surface area contributed by atoms with Gasteiger partial charge in [0.25, 0.3) is 0 Å². The molecule has 1 aliphatic rings. The number of aryl methyl sites for hydroxylation is 1. The highest BCUT2D eigenvalue weighted by Crippen LogP contribution is 2.36. The number of nitrogens with zero attached hydrogens (tertiary/aromatic N) is 2. The van der Waals surface area contributed by atoms with Gasteiger partial charge in [0.05, 0.1) is 35.5 Å². The fourth-order valence-corrected chi connectivity index (χ4v) is 4.74. The first-order valence-corrected chi connectivity index (χ1v) is 12.5. The van der Waals surface area contributed by atoms with Crippen molar-refractivity contribution in [3.05, 3.63) is 52.1 Å². The lowest BCUT2D eigenvalue weighted by Crippen LogP contribution is -2.47. The van der Waals surface area contributed by atoms with E-state index >= 15 is 0 Å². The maximum absolute atomic E-state index is 13.7. The molecule has 36 heavy (non-hydrogen) atoms. The quantitative estimate of drug-likeness (QED) is 0.414. The molecule has 1 aromatic heterocycles. The smallest absolute Gasteiger partial charge is 0.410 e. The minimum Gasteiger partial charge on any atom is -0.497 e. The van der Waals surface area contributed by atoms with Crippen molar-refractivity contribution < 1.29 is 28.5 Å². The Kier molecular flexibility index (Phi) is 8.05. The Labute approximate surface area is 218 Å². The third-order valence-electron chi connectivity index (χ3n) is 6.30. The number of rotatable bonds is 8. The molecule has 1 unspecified atom stereocenters. The third kappa shape index (κ3) is 5.29. The number of carbonyl (C=O) groups excluding carboxylic acids is 2. The van der Waals surface area contributed by atoms with E-state index in [1.807, 2.05) is 35.9 Å². The van der Waals surface area contributed by atoms with Crippen LogP contribution in [0.2, 0.25) is 0 Å². The van der Waals surface area contributed by atoms with E-state index in [1.165, 1.54) is 0 Å². The molecule has 9 nitrogen and oxygen atoms in total. The number of Topliss-reactive ketones (excluding diaryl/α,β-unsaturated/α-hetero) is 1. The fourth-order valence-electron chi connectivity index (χ4n) is 4.24. The molecule has 0 spiro atoms. The van der Waals surface area contributed by atoms with Crippen LogP contribution in [0, 0.1) is 0 Å². The summed E-state index contributed by atoms with van der Waals surface area (Å²) in [5.41, 5.74) is 1.92. The van der Waals surface area contributed by atoms with Crippen LogP contribution in [0.4, 0.5) is 4.79 Å². The van der Waals surface area contributed by atoms with Crippen LogP contribution in [0.15, 0.2) is 40.9 Å². The number of carbonyl (C=O) groups is 2. The summed E-state index contributed by atoms with van der Waals surface area (Å²) >= 11 is 3.53. The van der Waals surface area contributed by atoms with E-state index in [4.69, 9.17) is 18.9 Å². The van der Waals surface area contributed by atoms with E-state index in [0.29, 0.717) is 54.3 Å². The minimum atomic E-state index is -0.979. The summed E-state index contributed by atoms with van der Waals surface area (Å²) in [6.07, 6.45) is -1.47. The SMILES string of the molecule is COc1ccc(OCc2c(C(=O)C(C)OC(=O)N3CCNCC3)c3cc(OC)c(Br)cc3n2C)cc1. The highest BCUT2D eigenvalue weighted by atomic mass is 79.9. The second kappa shape index (κ2) is 11.2. The first kappa shape index (κ1) is 25.8. The molecule has 2 aromatic carbocycles. The topological polar surface area (TPSA) is 91.3 Å². The van der Waals surface area contributed by atoms with Crippen molar-refractivity contribution in [1.82, 2.24) is 14.8 Å². The summed E-state index contributed by atoms with van der Waals surface area (Å²) < 4.78 is 25.0. The van der Waals surface area contributed by atoms with E-state index in [9.17, 15) is 9.59 Å². The van der Waals surface area contributed by atoms with Gasteiger partial charge in [0.15, 0.2) is 6.10 Å². The van der Waals surface area contributed by atoms with Crippen molar-refractivity contribution in [2.45, 2.75) is 19.6 Å². The Balaban J connectivity index is 1.67. The van der Waals surface area contributed by atoms with Crippen LogP contribution in [-0.2, 0) is 18.4 Å². The monoisotopic (exact) mass is 559 g/mol. The van der Waals surface area contributed by atoms with Gasteiger partial charge >= 0.3 is 6.09 Å². The average molecular weight is 560 g/mol. The van der Waals surface area contributed by atoms with Crippen molar-refractivity contribution in [2.24, 2.45) is 7.05 Å². The predicted molar refractivity (Wildman–Crippen MR) is 139 cm³/mol. The lowest BCUT2D eigenvalue weighted by molar-refractivity contribution is 0.0520. The molecule has 2 heterocycles. The van der Waals surface area contributed by atoms with Crippen LogP contribution in [0.1, 0.15) is 23.0 Å². The number of ketones is 1. The zero-order valence-electron chi connectivity index (χ0n) is 20.8. The van der Waals surface area contributed by atoms with Gasteiger partial charge in [0.2, 0.25) is 5.78 Å². The summed E-state index contributed by atoms with van der Waals surface area (Å²) in [6, 6.07) is 10.9. The van der Waals surface area contributed by atoms with E-state index < -0.39 is 12.2 Å². The molecule has 0 radical (unpaired) electrons. The number of fused-ring (bicyclic) bond motifs is 1. The summed E-state index contributed by atoms with van der Waals surface area (Å²) in [4.78, 5) is 28.0. The van der Waals surface area contributed by atoms with Gasteiger partial charge in [0.1, 0.15) is 23.9 Å². The molecule has 0 bridgehead atoms. The standard InChI is InChI=1S/C26H30BrN3O6/c1-16(36-26(32)30-11-9-28-10-12-30)25(31)24-19-13-23(34-4)20(27)14-21(19)29(2)22(24)15-35-18-7-5-17(33-3)6-8-18/h5-8,13-14,16,28H,9-12,15H2,1-4H3. The molecule has 10 heteroatoms. The molecule has 1 atom stereocenters. The molecular formula is C26H30BrN3O6. The molecule has 1 saturated heterocycles. The minimum absolute atomic E-state index is 0.136. The van der Waals surface area contributed by atoms with Crippen molar-refractivity contribution in [1.29, 1.82) is 0 Å². The van der Waals surface area contributed by atoms with Crippen LogP contribution in [-0.4, -0.2) is 67.8 Å². The van der Waals surface area contributed by atoms with Crippen molar-refractivity contribution in [2.75, 3.05) is 40.4 Å². The maximum Gasteiger partial charge on any atom is 0.410 e. The van der Waals surface area contributed by atoms with Gasteiger partial charge in [-0.1, -0.05) is 0 Å². The Morgan fingerprint density at radius 2 is 1.72 bits per heavy atom. The molecule has 4 rings (SSSR count). The van der Waals surface area contributed by atoms with Crippen LogP contribution in [0.3, 0.4) is 0 Å². The van der Waals surface area contributed by atoms with E-state index in [1.54, 1.807) is 38.2 Å². The normalized spacial score (nSPS) is 14.4. The average Bonchev–Trinajstić information content (AvgIpc) is 3.17. The van der Waals surface area contributed by atoms with Crippen LogP contribution in [0.5, 0.6) is 17.2 Å². The number of nitrogens with one attached hydrogen (secondary N) is 1. The number of aromatic nitrogens is 1. The van der Waals surface area contributed by atoms with Crippen molar-refractivity contribution in [3.63, 3.8) is 0 Å². The van der Waals surface area contributed by atoms with Crippen LogP contribution in [0.25, 0.3) is 10.9 Å². The van der Waals surface area contributed by atoms with Gasteiger partial charge in [0, 0.05) is 38.6 Å². The predicted octanol–water partition coefficient (Wildman–Crippen LogP) is 4.15. The van der Waals surface area contributed by atoms with Gasteiger partial charge in [-0.2, -0.15) is 0 Å². The molecule has 3 aromatic rings. The van der Waals surface area contributed by atoms with Crippen molar-refractivity contribution >= 4 is 38.7 Å². The second-order valence-corrected chi connectivity index (χ2v) is 9.33. The zero-order valence-corrected chi connectivity index (χ0v) is 22.4. The van der Waals surface area contributed by atoms with Crippen LogP contribution >= 0.6 is 15.9 Å². The number of halogens is 1. The molecule has 1 fully saturated rings. The zero-order chi connectivity index (χ0) is 25.8. The van der Waals surface area contributed by atoms with Crippen molar-refractivity contribution in [3.8, 4) is 17.2 Å². The molecule has 0 aliphatic carbocycles. The van der Waals surface area contributed by atoms with E-state index in [2.05, 4.69) is 21.2 Å². The Morgan fingerprint density at radius 1 is 1.06 bits per heavy atom. The molecule has 1 aliphatic heterocycles. The number of hydrogen-bond acceptors (Lipinski definition) is 7.